The Hall–Kier alpha value is -3.33. The zero-order valence-electron chi connectivity index (χ0n) is 11.0. The molecule has 0 fully saturated rings. The van der Waals surface area contributed by atoms with Gasteiger partial charge in [-0.3, -0.25) is 0 Å². The monoisotopic (exact) mass is 280 g/mol. The van der Waals surface area contributed by atoms with Gasteiger partial charge in [-0.05, 0) is 42.0 Å². The number of carbonyl (C=O) groups excluding carboxylic acids is 1. The van der Waals surface area contributed by atoms with Crippen molar-refractivity contribution in [3.05, 3.63) is 59.7 Å². The van der Waals surface area contributed by atoms with E-state index in [1.807, 2.05) is 6.07 Å². The summed E-state index contributed by atoms with van der Waals surface area (Å²) in [4.78, 5) is 10.5. The molecule has 3 N–H and O–H groups in total. The summed E-state index contributed by atoms with van der Waals surface area (Å²) < 4.78 is 5.66. The molecule has 0 spiro atoms. The Kier molecular flexibility index (Phi) is 4.51. The van der Waals surface area contributed by atoms with Gasteiger partial charge in [0.15, 0.2) is 0 Å². The number of primary amides is 1. The Labute approximate surface area is 121 Å². The van der Waals surface area contributed by atoms with E-state index < -0.39 is 6.03 Å². The summed E-state index contributed by atoms with van der Waals surface area (Å²) in [6.45, 7) is 0. The van der Waals surface area contributed by atoms with Crippen LogP contribution in [0.3, 0.4) is 0 Å². The van der Waals surface area contributed by atoms with Crippen molar-refractivity contribution in [1.29, 1.82) is 5.26 Å². The van der Waals surface area contributed by atoms with E-state index in [2.05, 4.69) is 10.5 Å². The molecule has 0 heterocycles. The molecule has 6 nitrogen and oxygen atoms in total. The summed E-state index contributed by atoms with van der Waals surface area (Å²) in [6.07, 6.45) is 1.45. The molecule has 0 atom stereocenters. The molecule has 0 aliphatic heterocycles. The molecule has 0 saturated heterocycles. The number of ether oxygens (including phenoxy) is 1. The molecule has 0 radical (unpaired) electrons. The second-order valence-electron chi connectivity index (χ2n) is 4.04. The van der Waals surface area contributed by atoms with Gasteiger partial charge in [-0.15, -0.1) is 0 Å². The van der Waals surface area contributed by atoms with Crippen molar-refractivity contribution in [2.24, 2.45) is 10.8 Å². The van der Waals surface area contributed by atoms with Gasteiger partial charge in [0.25, 0.3) is 0 Å². The lowest BCUT2D eigenvalue weighted by atomic mass is 10.2. The van der Waals surface area contributed by atoms with Crippen LogP contribution in [0.4, 0.5) is 4.79 Å². The van der Waals surface area contributed by atoms with Crippen LogP contribution in [0.5, 0.6) is 11.5 Å². The van der Waals surface area contributed by atoms with Gasteiger partial charge in [-0.25, -0.2) is 10.2 Å². The SMILES string of the molecule is N#Cc1ccc(Oc2cccc(C=NNC(N)=O)c2)cc1. The van der Waals surface area contributed by atoms with Gasteiger partial charge in [0.1, 0.15) is 11.5 Å². The Morgan fingerprint density at radius 1 is 1.24 bits per heavy atom. The fourth-order valence-electron chi connectivity index (χ4n) is 1.56. The van der Waals surface area contributed by atoms with Crippen LogP contribution >= 0.6 is 0 Å². The fourth-order valence-corrected chi connectivity index (χ4v) is 1.56. The quantitative estimate of drug-likeness (QED) is 0.664. The van der Waals surface area contributed by atoms with Gasteiger partial charge >= 0.3 is 6.03 Å². The minimum Gasteiger partial charge on any atom is -0.457 e. The van der Waals surface area contributed by atoms with E-state index in [0.29, 0.717) is 17.1 Å². The van der Waals surface area contributed by atoms with Crippen molar-refractivity contribution in [2.75, 3.05) is 0 Å². The first-order chi connectivity index (χ1) is 10.2. The molecule has 2 amide bonds. The van der Waals surface area contributed by atoms with E-state index >= 15 is 0 Å². The predicted octanol–water partition coefficient (Wildman–Crippen LogP) is 2.35. The first kappa shape index (κ1) is 14.1. The van der Waals surface area contributed by atoms with E-state index in [9.17, 15) is 4.79 Å². The number of nitrogens with zero attached hydrogens (tertiary/aromatic N) is 2. The number of benzene rings is 2. The lowest BCUT2D eigenvalue weighted by Crippen LogP contribution is -2.24. The fraction of sp³-hybridized carbons (Fsp3) is 0. The summed E-state index contributed by atoms with van der Waals surface area (Å²) in [5.41, 5.74) is 8.33. The molecule has 0 saturated carbocycles. The predicted molar refractivity (Wildman–Crippen MR) is 78.0 cm³/mol. The van der Waals surface area contributed by atoms with Crippen LogP contribution in [-0.4, -0.2) is 12.2 Å². The number of hydrogen-bond donors (Lipinski definition) is 2. The van der Waals surface area contributed by atoms with Crippen molar-refractivity contribution in [3.63, 3.8) is 0 Å². The normalized spacial score (nSPS) is 10.0. The van der Waals surface area contributed by atoms with Crippen LogP contribution in [0.2, 0.25) is 0 Å². The van der Waals surface area contributed by atoms with Gasteiger partial charge in [-0.1, -0.05) is 12.1 Å². The number of hydrogen-bond acceptors (Lipinski definition) is 4. The molecule has 2 aromatic carbocycles. The lowest BCUT2D eigenvalue weighted by Gasteiger charge is -2.06. The van der Waals surface area contributed by atoms with Gasteiger partial charge in [0, 0.05) is 0 Å². The largest absolute Gasteiger partial charge is 0.457 e. The summed E-state index contributed by atoms with van der Waals surface area (Å²) in [6, 6.07) is 15.2. The first-order valence-electron chi connectivity index (χ1n) is 6.04. The third kappa shape index (κ3) is 4.36. The summed E-state index contributed by atoms with van der Waals surface area (Å²) in [5.74, 6) is 1.24. The third-order valence-electron chi connectivity index (χ3n) is 2.47. The molecule has 0 unspecified atom stereocenters. The summed E-state index contributed by atoms with van der Waals surface area (Å²) in [7, 11) is 0. The molecular weight excluding hydrogens is 268 g/mol. The van der Waals surface area contributed by atoms with Crippen molar-refractivity contribution in [3.8, 4) is 17.6 Å². The minimum atomic E-state index is -0.726. The van der Waals surface area contributed by atoms with Gasteiger partial charge < -0.3 is 10.5 Å². The van der Waals surface area contributed by atoms with Crippen LogP contribution in [0.15, 0.2) is 53.6 Å². The number of hydrazone groups is 1. The maximum atomic E-state index is 10.5. The zero-order chi connectivity index (χ0) is 15.1. The van der Waals surface area contributed by atoms with Crippen LogP contribution in [-0.2, 0) is 0 Å². The highest BCUT2D eigenvalue weighted by Crippen LogP contribution is 2.22. The maximum absolute atomic E-state index is 10.5. The Bertz CT molecular complexity index is 702. The molecule has 0 aliphatic rings. The Morgan fingerprint density at radius 3 is 2.67 bits per heavy atom. The highest BCUT2D eigenvalue weighted by Gasteiger charge is 1.99. The Balaban J connectivity index is 2.08. The molecule has 2 aromatic rings. The van der Waals surface area contributed by atoms with Crippen molar-refractivity contribution in [1.82, 2.24) is 5.43 Å². The Morgan fingerprint density at radius 2 is 2.00 bits per heavy atom. The van der Waals surface area contributed by atoms with Gasteiger partial charge in [-0.2, -0.15) is 10.4 Å². The first-order valence-corrected chi connectivity index (χ1v) is 6.04. The van der Waals surface area contributed by atoms with Crippen LogP contribution < -0.4 is 15.9 Å². The molecule has 2 rings (SSSR count). The number of amides is 2. The second-order valence-corrected chi connectivity index (χ2v) is 4.04. The smallest absolute Gasteiger partial charge is 0.332 e. The molecule has 0 aliphatic carbocycles. The molecule has 6 heteroatoms. The highest BCUT2D eigenvalue weighted by atomic mass is 16.5. The number of urea groups is 1. The third-order valence-corrected chi connectivity index (χ3v) is 2.47. The van der Waals surface area contributed by atoms with E-state index in [1.165, 1.54) is 6.21 Å². The molecule has 0 aromatic heterocycles. The molecular formula is C15H12N4O2. The number of rotatable bonds is 4. The van der Waals surface area contributed by atoms with Gasteiger partial charge in [0.2, 0.25) is 0 Å². The molecule has 21 heavy (non-hydrogen) atoms. The van der Waals surface area contributed by atoms with Gasteiger partial charge in [0.05, 0.1) is 17.8 Å². The van der Waals surface area contributed by atoms with E-state index in [0.717, 1.165) is 5.56 Å². The standard InChI is InChI=1S/C15H12N4O2/c16-9-11-4-6-13(7-5-11)21-14-3-1-2-12(8-14)10-18-19-15(17)20/h1-8,10H,(H3,17,19,20). The van der Waals surface area contributed by atoms with Crippen molar-refractivity contribution < 1.29 is 9.53 Å². The van der Waals surface area contributed by atoms with Crippen LogP contribution in [0.1, 0.15) is 11.1 Å². The second kappa shape index (κ2) is 6.73. The molecule has 104 valence electrons. The highest BCUT2D eigenvalue weighted by molar-refractivity contribution is 5.81. The average molecular weight is 280 g/mol. The number of carbonyl (C=O) groups is 1. The van der Waals surface area contributed by atoms with E-state index in [-0.39, 0.29) is 0 Å². The van der Waals surface area contributed by atoms with E-state index in [4.69, 9.17) is 15.7 Å². The number of nitrogens with two attached hydrogens (primary N) is 1. The van der Waals surface area contributed by atoms with Crippen molar-refractivity contribution >= 4 is 12.2 Å². The number of nitriles is 1. The van der Waals surface area contributed by atoms with E-state index in [1.54, 1.807) is 48.5 Å². The molecule has 0 bridgehead atoms. The van der Waals surface area contributed by atoms with Crippen molar-refractivity contribution in [2.45, 2.75) is 0 Å². The zero-order valence-corrected chi connectivity index (χ0v) is 11.0. The summed E-state index contributed by atoms with van der Waals surface area (Å²) >= 11 is 0. The van der Waals surface area contributed by atoms with Crippen LogP contribution in [0, 0.1) is 11.3 Å². The average Bonchev–Trinajstić information content (AvgIpc) is 2.48. The number of nitrogens with one attached hydrogen (secondary N) is 1. The van der Waals surface area contributed by atoms with Crippen LogP contribution in [0.25, 0.3) is 0 Å². The summed E-state index contributed by atoms with van der Waals surface area (Å²) in [5, 5.41) is 12.4. The topological polar surface area (TPSA) is 100 Å². The maximum Gasteiger partial charge on any atom is 0.332 e. The lowest BCUT2D eigenvalue weighted by molar-refractivity contribution is 0.249. The minimum absolute atomic E-state index is 0.570.